The number of rotatable bonds is 3. The molecule has 3 aromatic rings. The predicted molar refractivity (Wildman–Crippen MR) is 89.1 cm³/mol. The lowest BCUT2D eigenvalue weighted by Crippen LogP contribution is -2.14. The van der Waals surface area contributed by atoms with E-state index in [9.17, 15) is 8.42 Å². The second kappa shape index (κ2) is 5.38. The highest BCUT2D eigenvalue weighted by Crippen LogP contribution is 2.25. The van der Waals surface area contributed by atoms with E-state index in [1.165, 1.54) is 12.0 Å². The summed E-state index contributed by atoms with van der Waals surface area (Å²) in [7, 11) is -3.58. The molecule has 2 heterocycles. The maximum atomic E-state index is 12.6. The van der Waals surface area contributed by atoms with Crippen LogP contribution in [-0.2, 0) is 22.9 Å². The van der Waals surface area contributed by atoms with Gasteiger partial charge in [-0.05, 0) is 61.1 Å². The molecule has 1 aliphatic carbocycles. The monoisotopic (exact) mass is 327 g/mol. The second-order valence-corrected chi connectivity index (χ2v) is 7.54. The first-order chi connectivity index (χ1) is 11.1. The first kappa shape index (κ1) is 14.3. The largest absolute Gasteiger partial charge is 0.305 e. The molecular weight excluding hydrogens is 310 g/mol. The minimum Gasteiger partial charge on any atom is -0.305 e. The van der Waals surface area contributed by atoms with E-state index >= 15 is 0 Å². The van der Waals surface area contributed by atoms with Gasteiger partial charge in [0, 0.05) is 18.6 Å². The molecule has 1 aliphatic rings. The van der Waals surface area contributed by atoms with Crippen LogP contribution in [0.4, 0.5) is 5.69 Å². The van der Waals surface area contributed by atoms with Crippen LogP contribution in [0.3, 0.4) is 0 Å². The Labute approximate surface area is 135 Å². The number of anilines is 1. The second-order valence-electron chi connectivity index (χ2n) is 5.85. The van der Waals surface area contributed by atoms with E-state index in [-0.39, 0.29) is 0 Å². The Kier molecular flexibility index (Phi) is 3.34. The van der Waals surface area contributed by atoms with E-state index in [2.05, 4.69) is 9.71 Å². The van der Waals surface area contributed by atoms with Crippen molar-refractivity contribution in [2.45, 2.75) is 30.6 Å². The van der Waals surface area contributed by atoms with Gasteiger partial charge < -0.3 is 4.40 Å². The van der Waals surface area contributed by atoms with Crippen molar-refractivity contribution in [3.05, 3.63) is 60.0 Å². The smallest absolute Gasteiger partial charge is 0.261 e. The number of imidazole rings is 1. The van der Waals surface area contributed by atoms with Crippen LogP contribution in [0.5, 0.6) is 0 Å². The van der Waals surface area contributed by atoms with Gasteiger partial charge in [0.25, 0.3) is 10.0 Å². The normalized spacial score (nSPS) is 14.6. The van der Waals surface area contributed by atoms with Crippen molar-refractivity contribution in [1.29, 1.82) is 0 Å². The molecule has 0 spiro atoms. The molecule has 118 valence electrons. The SMILES string of the molecule is O=S(=O)(Nc1ccc2nccn2c1)c1ccc2c(c1)CCCC2. The summed E-state index contributed by atoms with van der Waals surface area (Å²) >= 11 is 0. The Balaban J connectivity index is 1.66. The first-order valence-electron chi connectivity index (χ1n) is 7.69. The molecule has 0 atom stereocenters. The molecule has 0 amide bonds. The maximum absolute atomic E-state index is 12.6. The van der Waals surface area contributed by atoms with E-state index < -0.39 is 10.0 Å². The van der Waals surface area contributed by atoms with E-state index in [4.69, 9.17) is 0 Å². The molecule has 0 fully saturated rings. The van der Waals surface area contributed by atoms with Crippen molar-refractivity contribution >= 4 is 21.4 Å². The predicted octanol–water partition coefficient (Wildman–Crippen LogP) is 3.01. The van der Waals surface area contributed by atoms with E-state index in [1.807, 2.05) is 12.1 Å². The summed E-state index contributed by atoms with van der Waals surface area (Å²) in [6.45, 7) is 0. The average molecular weight is 327 g/mol. The highest BCUT2D eigenvalue weighted by atomic mass is 32.2. The standard InChI is InChI=1S/C17H17N3O2S/c21-23(22,16-7-5-13-3-1-2-4-14(13)11-16)19-15-6-8-17-18-9-10-20(17)12-15/h5-12,19H,1-4H2. The molecule has 0 saturated heterocycles. The molecule has 5 nitrogen and oxygen atoms in total. The number of sulfonamides is 1. The van der Waals surface area contributed by atoms with Crippen molar-refractivity contribution in [3.63, 3.8) is 0 Å². The fourth-order valence-electron chi connectivity index (χ4n) is 3.07. The molecular formula is C17H17N3O2S. The van der Waals surface area contributed by atoms with Gasteiger partial charge in [0.1, 0.15) is 5.65 Å². The van der Waals surface area contributed by atoms with Gasteiger partial charge in [-0.15, -0.1) is 0 Å². The van der Waals surface area contributed by atoms with Gasteiger partial charge in [-0.2, -0.15) is 0 Å². The van der Waals surface area contributed by atoms with Gasteiger partial charge in [-0.25, -0.2) is 13.4 Å². The Morgan fingerprint density at radius 1 is 1.04 bits per heavy atom. The lowest BCUT2D eigenvalue weighted by Gasteiger charge is -2.17. The first-order valence-corrected chi connectivity index (χ1v) is 9.17. The van der Waals surface area contributed by atoms with Crippen LogP contribution in [0.15, 0.2) is 53.8 Å². The molecule has 1 aromatic carbocycles. The van der Waals surface area contributed by atoms with Crippen LogP contribution in [0.25, 0.3) is 5.65 Å². The van der Waals surface area contributed by atoms with Gasteiger partial charge in [0.05, 0.1) is 10.6 Å². The van der Waals surface area contributed by atoms with Crippen LogP contribution in [0.2, 0.25) is 0 Å². The lowest BCUT2D eigenvalue weighted by molar-refractivity contribution is 0.600. The fraction of sp³-hybridized carbons (Fsp3) is 0.235. The van der Waals surface area contributed by atoms with Crippen molar-refractivity contribution in [1.82, 2.24) is 9.38 Å². The summed E-state index contributed by atoms with van der Waals surface area (Å²) in [5, 5.41) is 0. The highest BCUT2D eigenvalue weighted by molar-refractivity contribution is 7.92. The third-order valence-electron chi connectivity index (χ3n) is 4.27. The molecule has 4 rings (SSSR count). The van der Waals surface area contributed by atoms with Crippen LogP contribution < -0.4 is 4.72 Å². The third kappa shape index (κ3) is 2.70. The number of hydrogen-bond donors (Lipinski definition) is 1. The van der Waals surface area contributed by atoms with Gasteiger partial charge in [0.2, 0.25) is 0 Å². The van der Waals surface area contributed by atoms with Crippen LogP contribution in [-0.4, -0.2) is 17.8 Å². The third-order valence-corrected chi connectivity index (χ3v) is 5.65. The van der Waals surface area contributed by atoms with Gasteiger partial charge in [-0.1, -0.05) is 6.07 Å². The Hall–Kier alpha value is -2.34. The molecule has 0 aliphatic heterocycles. The van der Waals surface area contributed by atoms with E-state index in [1.54, 1.807) is 41.2 Å². The minimum absolute atomic E-state index is 0.323. The Morgan fingerprint density at radius 3 is 2.74 bits per heavy atom. The number of nitrogens with one attached hydrogen (secondary N) is 1. The van der Waals surface area contributed by atoms with E-state index in [0.29, 0.717) is 10.6 Å². The highest BCUT2D eigenvalue weighted by Gasteiger charge is 2.18. The van der Waals surface area contributed by atoms with Crippen molar-refractivity contribution in [3.8, 4) is 0 Å². The molecule has 6 heteroatoms. The quantitative estimate of drug-likeness (QED) is 0.804. The topological polar surface area (TPSA) is 63.5 Å². The molecule has 23 heavy (non-hydrogen) atoms. The number of hydrogen-bond acceptors (Lipinski definition) is 3. The molecule has 1 N–H and O–H groups in total. The van der Waals surface area contributed by atoms with Gasteiger partial charge in [-0.3, -0.25) is 4.72 Å². The average Bonchev–Trinajstić information content (AvgIpc) is 3.01. The van der Waals surface area contributed by atoms with Gasteiger partial charge in [0.15, 0.2) is 0 Å². The lowest BCUT2D eigenvalue weighted by atomic mass is 9.92. The fourth-order valence-corrected chi connectivity index (χ4v) is 4.16. The van der Waals surface area contributed by atoms with Gasteiger partial charge >= 0.3 is 0 Å². The zero-order chi connectivity index (χ0) is 15.9. The molecule has 0 bridgehead atoms. The maximum Gasteiger partial charge on any atom is 0.261 e. The summed E-state index contributed by atoms with van der Waals surface area (Å²) in [5.74, 6) is 0. The summed E-state index contributed by atoms with van der Waals surface area (Å²) in [4.78, 5) is 4.47. The van der Waals surface area contributed by atoms with Crippen molar-refractivity contribution < 1.29 is 8.42 Å². The summed E-state index contributed by atoms with van der Waals surface area (Å²) in [5.41, 5.74) is 3.73. The summed E-state index contributed by atoms with van der Waals surface area (Å²) < 4.78 is 29.7. The number of benzene rings is 1. The number of aryl methyl sites for hydroxylation is 2. The van der Waals surface area contributed by atoms with Crippen LogP contribution in [0, 0.1) is 0 Å². The minimum atomic E-state index is -3.58. The number of aromatic nitrogens is 2. The summed E-state index contributed by atoms with van der Waals surface area (Å²) in [6.07, 6.45) is 9.49. The molecule has 0 radical (unpaired) electrons. The number of pyridine rings is 1. The molecule has 0 unspecified atom stereocenters. The number of fused-ring (bicyclic) bond motifs is 2. The molecule has 2 aromatic heterocycles. The number of nitrogens with zero attached hydrogens (tertiary/aromatic N) is 2. The zero-order valence-electron chi connectivity index (χ0n) is 12.6. The Bertz CT molecular complexity index is 976. The van der Waals surface area contributed by atoms with Crippen molar-refractivity contribution in [2.75, 3.05) is 4.72 Å². The van der Waals surface area contributed by atoms with Crippen molar-refractivity contribution in [2.24, 2.45) is 0 Å². The Morgan fingerprint density at radius 2 is 1.87 bits per heavy atom. The zero-order valence-corrected chi connectivity index (χ0v) is 13.4. The van der Waals surface area contributed by atoms with Crippen LogP contribution >= 0.6 is 0 Å². The van der Waals surface area contributed by atoms with E-state index in [0.717, 1.165) is 30.5 Å². The molecule has 0 saturated carbocycles. The summed E-state index contributed by atoms with van der Waals surface area (Å²) in [6, 6.07) is 8.96. The van der Waals surface area contributed by atoms with Crippen LogP contribution in [0.1, 0.15) is 24.0 Å².